The van der Waals surface area contributed by atoms with Crippen LogP contribution in [0.3, 0.4) is 0 Å². The number of hydrogen-bond acceptors (Lipinski definition) is 18. The van der Waals surface area contributed by atoms with Gasteiger partial charge in [0.15, 0.2) is 11.6 Å². The van der Waals surface area contributed by atoms with E-state index in [2.05, 4.69) is 82.9 Å². The second kappa shape index (κ2) is 39.3. The lowest BCUT2D eigenvalue weighted by Crippen LogP contribution is -2.43. The number of aliphatic hydroxyl groups excluding tert-OH is 3. The lowest BCUT2D eigenvalue weighted by Gasteiger charge is -2.27. The maximum atomic E-state index is 14.3. The molecule has 0 saturated heterocycles. The smallest absolute Gasteiger partial charge is 0.329 e. The monoisotopic (exact) mass is 1230 g/mol. The molecule has 0 fully saturated rings. The van der Waals surface area contributed by atoms with Gasteiger partial charge >= 0.3 is 5.97 Å². The first-order chi connectivity index (χ1) is 42.1. The van der Waals surface area contributed by atoms with Gasteiger partial charge in [0.05, 0.1) is 46.6 Å². The van der Waals surface area contributed by atoms with Crippen LogP contribution in [0.1, 0.15) is 132 Å². The zero-order valence-electron chi connectivity index (χ0n) is 52.3. The van der Waals surface area contributed by atoms with Gasteiger partial charge in [0.2, 0.25) is 11.7 Å². The molecule has 5 unspecified atom stereocenters. The number of unbranched alkanes of at least 4 members (excludes halogenated alkanes) is 2. The normalized spacial score (nSPS) is 21.7. The van der Waals surface area contributed by atoms with E-state index in [0.29, 0.717) is 104 Å². The van der Waals surface area contributed by atoms with Gasteiger partial charge in [0.1, 0.15) is 24.3 Å². The number of benzene rings is 1. The van der Waals surface area contributed by atoms with Crippen molar-refractivity contribution >= 4 is 46.8 Å². The number of aromatic hydroxyl groups is 1. The highest BCUT2D eigenvalue weighted by atomic mass is 16.5. The van der Waals surface area contributed by atoms with Crippen LogP contribution >= 0.6 is 0 Å². The minimum atomic E-state index is -1.52. The fourth-order valence-electron chi connectivity index (χ4n) is 10.6. The van der Waals surface area contributed by atoms with E-state index < -0.39 is 71.8 Å². The molecule has 1 aliphatic heterocycles. The van der Waals surface area contributed by atoms with E-state index in [1.165, 1.54) is 31.2 Å². The summed E-state index contributed by atoms with van der Waals surface area (Å²) in [6, 6.07) is 4.43. The zero-order valence-corrected chi connectivity index (χ0v) is 52.3. The fourth-order valence-corrected chi connectivity index (χ4v) is 10.6. The molecule has 2 aliphatic carbocycles. The van der Waals surface area contributed by atoms with Crippen molar-refractivity contribution in [2.24, 2.45) is 17.8 Å². The molecule has 0 saturated carbocycles. The Morgan fingerprint density at radius 3 is 2.40 bits per heavy atom. The predicted molar refractivity (Wildman–Crippen MR) is 340 cm³/mol. The van der Waals surface area contributed by atoms with Gasteiger partial charge in [-0.05, 0) is 135 Å². The first-order valence-electron chi connectivity index (χ1n) is 31.2. The summed E-state index contributed by atoms with van der Waals surface area (Å²) in [4.78, 5) is 96.4. The molecule has 1 aromatic rings. The summed E-state index contributed by atoms with van der Waals surface area (Å²) in [6.07, 6.45) is 17.3. The van der Waals surface area contributed by atoms with Gasteiger partial charge < -0.3 is 67.2 Å². The lowest BCUT2D eigenvalue weighted by molar-refractivity contribution is -0.143. The van der Waals surface area contributed by atoms with Gasteiger partial charge in [-0.3, -0.25) is 39.0 Å². The van der Waals surface area contributed by atoms with Crippen LogP contribution in [0, 0.1) is 23.2 Å². The maximum absolute atomic E-state index is 14.3. The summed E-state index contributed by atoms with van der Waals surface area (Å²) in [5, 5.41) is 80.9. The maximum Gasteiger partial charge on any atom is 0.329 e. The van der Waals surface area contributed by atoms with Crippen molar-refractivity contribution in [1.82, 2.24) is 41.7 Å². The summed E-state index contributed by atoms with van der Waals surface area (Å²) in [5.41, 5.74) is -0.137. The number of fused-ring (bicyclic) bond motifs is 4. The van der Waals surface area contributed by atoms with Crippen LogP contribution in [-0.2, 0) is 28.7 Å². The molecule has 0 radical (unpaired) electrons. The second-order valence-corrected chi connectivity index (χ2v) is 23.5. The van der Waals surface area contributed by atoms with Crippen LogP contribution < -0.4 is 31.9 Å². The summed E-state index contributed by atoms with van der Waals surface area (Å²) >= 11 is 0. The van der Waals surface area contributed by atoms with Crippen LogP contribution in [0.15, 0.2) is 102 Å². The first kappa shape index (κ1) is 73.7. The van der Waals surface area contributed by atoms with Gasteiger partial charge in [-0.15, -0.1) is 6.58 Å². The van der Waals surface area contributed by atoms with Crippen LogP contribution in [0.25, 0.3) is 0 Å². The quantitative estimate of drug-likeness (QED) is 0.0261. The molecular weight excluding hydrogens is 1130 g/mol. The molecule has 12 N–H and O–H groups in total. The number of Topliss-reactive ketones (excluding diaryl/α,β-unsaturated/α-hetero) is 3. The molecule has 4 bridgehead atoms. The standard InChI is InChI=1S/C66H99N9O13/c1-7-9-29-66(5,6)73-32-27-47-18-12-14-37-75(40-34-71-64(86)52-23-15-20-49(46(4)76)59(52)81)41-35-72-65(87)53-24-16-21-50(60(53)82)58(80)45(3)28-38-74(36-10-8-2)39-33-68-42-48(19-11-13-30-69-55(77)43-88-44-56(78)79)57(67)62(84)51-22-17-25-54(61(51)83)63(85)70-31-26-47/h7,12,16-18,20-22,24-25,47-48,54-55,61,67-69,73,77,81-83H,1,3,8-11,13-15,19,23,26-44H2,2,4-6H3,(H,70,85)(H,71,86)(H,72,87)(H,78,79)/b18-12+,67-57?. The van der Waals surface area contributed by atoms with Gasteiger partial charge in [0.25, 0.3) is 11.8 Å². The number of ether oxygens (including phenoxy) is 1. The van der Waals surface area contributed by atoms with Gasteiger partial charge in [-0.2, -0.15) is 0 Å². The number of carbonyl (C=O) groups is 7. The Morgan fingerprint density at radius 1 is 0.909 bits per heavy atom. The van der Waals surface area contributed by atoms with Crippen LogP contribution in [0.2, 0.25) is 0 Å². The van der Waals surface area contributed by atoms with E-state index in [0.717, 1.165) is 25.7 Å². The molecule has 1 heterocycles. The first-order valence-corrected chi connectivity index (χ1v) is 31.2. The summed E-state index contributed by atoms with van der Waals surface area (Å²) in [5.74, 6) is -6.78. The molecule has 0 aromatic heterocycles. The topological polar surface area (TPSA) is 332 Å². The van der Waals surface area contributed by atoms with E-state index in [4.69, 9.17) is 9.84 Å². The molecule has 1 aromatic carbocycles. The van der Waals surface area contributed by atoms with Crippen molar-refractivity contribution in [1.29, 1.82) is 5.41 Å². The number of allylic oxidation sites excluding steroid dienone is 6. The number of aliphatic carboxylic acids is 1. The average Bonchev–Trinajstić information content (AvgIpc) is 2.76. The third-order valence-electron chi connectivity index (χ3n) is 16.0. The molecule has 0 spiro atoms. The van der Waals surface area contributed by atoms with Gasteiger partial charge in [0, 0.05) is 82.5 Å². The Balaban J connectivity index is 1.61. The van der Waals surface area contributed by atoms with Crippen molar-refractivity contribution in [3.05, 3.63) is 113 Å². The number of nitrogens with one attached hydrogen (secondary N) is 7. The zero-order chi connectivity index (χ0) is 64.6. The Morgan fingerprint density at radius 2 is 1.66 bits per heavy atom. The Hall–Kier alpha value is -6.76. The molecular formula is C66H99N9O13. The number of carbonyl (C=O) groups excluding carboxylic acids is 6. The Labute approximate surface area is 519 Å². The van der Waals surface area contributed by atoms with E-state index in [9.17, 15) is 59.4 Å². The fraction of sp³-hybridized carbons (Fsp3) is 0.576. The second-order valence-electron chi connectivity index (χ2n) is 23.5. The number of phenolic OH excluding ortho intramolecular Hbond substituents is 1. The lowest BCUT2D eigenvalue weighted by atomic mass is 9.83. The van der Waals surface area contributed by atoms with Crippen molar-refractivity contribution in [2.45, 2.75) is 129 Å². The van der Waals surface area contributed by atoms with E-state index >= 15 is 0 Å². The number of carboxylic acid groups (broad SMARTS) is 1. The van der Waals surface area contributed by atoms with Crippen LogP contribution in [0.5, 0.6) is 5.75 Å². The minimum Gasteiger partial charge on any atom is -0.507 e. The number of ketones is 3. The van der Waals surface area contributed by atoms with E-state index in [-0.39, 0.29) is 108 Å². The average molecular weight is 1230 g/mol. The van der Waals surface area contributed by atoms with Crippen LogP contribution in [-0.4, -0.2) is 198 Å². The number of phenols is 1. The molecule has 3 amide bonds. The number of carboxylic acids is 1. The molecule has 486 valence electrons. The molecule has 88 heavy (non-hydrogen) atoms. The van der Waals surface area contributed by atoms with E-state index in [1.54, 1.807) is 18.2 Å². The molecule has 3 aliphatic rings. The molecule has 22 heteroatoms. The molecule has 5 atom stereocenters. The Bertz CT molecular complexity index is 2720. The van der Waals surface area contributed by atoms with E-state index in [1.807, 2.05) is 11.0 Å². The number of rotatable bonds is 25. The molecule has 4 rings (SSSR count). The highest BCUT2D eigenvalue weighted by molar-refractivity contribution is 6.45. The van der Waals surface area contributed by atoms with Crippen LogP contribution in [0.4, 0.5) is 0 Å². The SMILES string of the molecule is C=CCCC(C)(C)NCCC1/C=C/CCN(CCNC(=O)C2=C(O)C(C(C)=O)=CCC2)CCNC(=O)c2cccc(c2O)C(=O)C(=C)CCN(CCCC)CCNCC(CCCCNC(O)COCC(=O)O)C(=N)C(=O)C2=CC=CC(C(=O)NCC1)C2O. The van der Waals surface area contributed by atoms with Crippen molar-refractivity contribution in [2.75, 3.05) is 98.3 Å². The van der Waals surface area contributed by atoms with Gasteiger partial charge in [-0.1, -0.05) is 74.9 Å². The minimum absolute atomic E-state index is 0.0186. The number of nitrogens with zero attached hydrogens (tertiary/aromatic N) is 2. The Kier molecular flexibility index (Phi) is 32.9. The molecule has 22 nitrogen and oxygen atoms in total. The largest absolute Gasteiger partial charge is 0.507 e. The number of para-hydroxylation sites is 1. The number of amides is 3. The summed E-state index contributed by atoms with van der Waals surface area (Å²) < 4.78 is 4.97. The van der Waals surface area contributed by atoms with Crippen molar-refractivity contribution < 1.29 is 63.8 Å². The third-order valence-corrected chi connectivity index (χ3v) is 16.0. The highest BCUT2D eigenvalue weighted by Crippen LogP contribution is 2.28. The number of hydrogen-bond donors (Lipinski definition) is 12. The van der Waals surface area contributed by atoms with Gasteiger partial charge in [-0.25, -0.2) is 4.79 Å². The van der Waals surface area contributed by atoms with Crippen molar-refractivity contribution in [3.8, 4) is 5.75 Å². The van der Waals surface area contributed by atoms with Crippen molar-refractivity contribution in [3.63, 3.8) is 0 Å². The highest BCUT2D eigenvalue weighted by Gasteiger charge is 2.35. The third kappa shape index (κ3) is 25.4. The summed E-state index contributed by atoms with van der Waals surface area (Å²) in [6.45, 7) is 19.9. The predicted octanol–water partition coefficient (Wildman–Crippen LogP) is 5.15. The number of aliphatic hydroxyl groups is 3. The summed E-state index contributed by atoms with van der Waals surface area (Å²) in [7, 11) is 0.